The van der Waals surface area contributed by atoms with Crippen LogP contribution >= 0.6 is 11.8 Å². The summed E-state index contributed by atoms with van der Waals surface area (Å²) in [6.45, 7) is 15.8. The molecule has 2 rings (SSSR count). The lowest BCUT2D eigenvalue weighted by atomic mass is 10.0. The summed E-state index contributed by atoms with van der Waals surface area (Å²) in [6, 6.07) is 8.87. The highest BCUT2D eigenvalue weighted by atomic mass is 32.2. The second-order valence-corrected chi connectivity index (χ2v) is 9.49. The Bertz CT molecular complexity index is 463. The van der Waals surface area contributed by atoms with Gasteiger partial charge in [0.15, 0.2) is 0 Å². The predicted molar refractivity (Wildman–Crippen MR) is 94.8 cm³/mol. The van der Waals surface area contributed by atoms with Gasteiger partial charge in [-0.1, -0.05) is 24.3 Å². The molecular weight excluding hydrogens is 276 g/mol. The van der Waals surface area contributed by atoms with Crippen molar-refractivity contribution in [1.29, 1.82) is 0 Å². The van der Waals surface area contributed by atoms with Crippen molar-refractivity contribution in [1.82, 2.24) is 10.2 Å². The van der Waals surface area contributed by atoms with Crippen LogP contribution in [-0.2, 0) is 13.1 Å². The predicted octanol–water partition coefficient (Wildman–Crippen LogP) is 3.90. The first-order valence-electron chi connectivity index (χ1n) is 7.93. The van der Waals surface area contributed by atoms with Crippen LogP contribution in [0.2, 0.25) is 0 Å². The molecule has 0 bridgehead atoms. The Balaban J connectivity index is 2.02. The third-order valence-corrected chi connectivity index (χ3v) is 5.12. The van der Waals surface area contributed by atoms with Gasteiger partial charge in [-0.15, -0.1) is 0 Å². The average molecular weight is 307 g/mol. The summed E-state index contributed by atoms with van der Waals surface area (Å²) in [5, 5.41) is 3.61. The van der Waals surface area contributed by atoms with Crippen molar-refractivity contribution in [2.75, 3.05) is 18.8 Å². The third-order valence-electron chi connectivity index (χ3n) is 3.83. The summed E-state index contributed by atoms with van der Waals surface area (Å²) in [4.78, 5) is 2.60. The van der Waals surface area contributed by atoms with Gasteiger partial charge in [0.05, 0.1) is 0 Å². The molecule has 1 saturated heterocycles. The Kier molecular flexibility index (Phi) is 5.39. The van der Waals surface area contributed by atoms with E-state index >= 15 is 0 Å². The van der Waals surface area contributed by atoms with Gasteiger partial charge in [0.2, 0.25) is 0 Å². The molecular formula is C18H30N2S. The van der Waals surface area contributed by atoms with Gasteiger partial charge < -0.3 is 5.32 Å². The van der Waals surface area contributed by atoms with Crippen LogP contribution in [0.15, 0.2) is 24.3 Å². The molecule has 0 unspecified atom stereocenters. The van der Waals surface area contributed by atoms with Crippen molar-refractivity contribution in [3.63, 3.8) is 0 Å². The van der Waals surface area contributed by atoms with E-state index < -0.39 is 0 Å². The van der Waals surface area contributed by atoms with Gasteiger partial charge in [-0.2, -0.15) is 11.8 Å². The molecule has 118 valence electrons. The fraction of sp³-hybridized carbons (Fsp3) is 0.667. The number of nitrogens with one attached hydrogen (secondary N) is 1. The van der Waals surface area contributed by atoms with Crippen molar-refractivity contribution in [2.24, 2.45) is 0 Å². The molecule has 0 aliphatic carbocycles. The van der Waals surface area contributed by atoms with E-state index in [0.29, 0.717) is 4.75 Å². The minimum atomic E-state index is 0.164. The molecule has 1 fully saturated rings. The second-order valence-electron chi connectivity index (χ2n) is 7.69. The van der Waals surface area contributed by atoms with Crippen molar-refractivity contribution in [3.05, 3.63) is 35.4 Å². The summed E-state index contributed by atoms with van der Waals surface area (Å²) in [5.41, 5.74) is 3.07. The van der Waals surface area contributed by atoms with Crippen LogP contribution in [0.1, 0.15) is 45.7 Å². The lowest BCUT2D eigenvalue weighted by Crippen LogP contribution is -2.42. The topological polar surface area (TPSA) is 15.3 Å². The minimum Gasteiger partial charge on any atom is -0.308 e. The Morgan fingerprint density at radius 3 is 2.48 bits per heavy atom. The van der Waals surface area contributed by atoms with E-state index in [2.05, 4.69) is 80.9 Å². The number of benzene rings is 1. The molecule has 0 aromatic heterocycles. The van der Waals surface area contributed by atoms with E-state index in [-0.39, 0.29) is 5.54 Å². The van der Waals surface area contributed by atoms with Gasteiger partial charge in [-0.05, 0) is 45.7 Å². The number of rotatable bonds is 4. The fourth-order valence-corrected chi connectivity index (χ4v) is 3.91. The molecule has 0 radical (unpaired) electrons. The van der Waals surface area contributed by atoms with Crippen molar-refractivity contribution >= 4 is 11.8 Å². The highest BCUT2D eigenvalue weighted by molar-refractivity contribution is 8.00. The van der Waals surface area contributed by atoms with Crippen LogP contribution in [0.3, 0.4) is 0 Å². The van der Waals surface area contributed by atoms with E-state index in [1.807, 2.05) is 0 Å². The van der Waals surface area contributed by atoms with E-state index in [1.54, 1.807) is 0 Å². The molecule has 1 aliphatic rings. The maximum absolute atomic E-state index is 3.61. The zero-order chi connectivity index (χ0) is 15.5. The summed E-state index contributed by atoms with van der Waals surface area (Å²) in [7, 11) is 0. The standard InChI is InChI=1S/C18H30N2S/c1-17(2,3)19-12-15-8-6-7-9-16(15)13-20-10-11-21-18(4,5)14-20/h6-9,19H,10-14H2,1-5H3. The number of hydrogen-bond acceptors (Lipinski definition) is 3. The number of nitrogens with zero attached hydrogens (tertiary/aromatic N) is 1. The second kappa shape index (κ2) is 6.72. The Hall–Kier alpha value is -0.510. The van der Waals surface area contributed by atoms with E-state index in [0.717, 1.165) is 13.1 Å². The molecule has 1 aliphatic heterocycles. The van der Waals surface area contributed by atoms with Crippen LogP contribution in [0, 0.1) is 0 Å². The monoisotopic (exact) mass is 306 g/mol. The zero-order valence-corrected chi connectivity index (χ0v) is 15.0. The zero-order valence-electron chi connectivity index (χ0n) is 14.2. The van der Waals surface area contributed by atoms with E-state index in [1.165, 1.54) is 30.0 Å². The van der Waals surface area contributed by atoms with Gasteiger partial charge >= 0.3 is 0 Å². The molecule has 0 amide bonds. The summed E-state index contributed by atoms with van der Waals surface area (Å²) < 4.78 is 0.386. The minimum absolute atomic E-state index is 0.164. The largest absolute Gasteiger partial charge is 0.308 e. The lowest BCUT2D eigenvalue weighted by molar-refractivity contribution is 0.251. The third kappa shape index (κ3) is 5.65. The summed E-state index contributed by atoms with van der Waals surface area (Å²) in [6.07, 6.45) is 0. The smallest absolute Gasteiger partial charge is 0.0237 e. The van der Waals surface area contributed by atoms with Crippen LogP contribution < -0.4 is 5.32 Å². The van der Waals surface area contributed by atoms with Crippen molar-refractivity contribution in [2.45, 2.75) is 58.0 Å². The van der Waals surface area contributed by atoms with Gasteiger partial charge in [-0.3, -0.25) is 4.90 Å². The number of thioether (sulfide) groups is 1. The SMILES string of the molecule is CC(C)(C)NCc1ccccc1CN1CCSC(C)(C)C1. The molecule has 3 heteroatoms. The van der Waals surface area contributed by atoms with Gasteiger partial charge in [0.25, 0.3) is 0 Å². The maximum atomic E-state index is 3.61. The molecule has 2 nitrogen and oxygen atoms in total. The molecule has 1 heterocycles. The first-order valence-corrected chi connectivity index (χ1v) is 8.92. The molecule has 1 aromatic carbocycles. The highest BCUT2D eigenvalue weighted by Crippen LogP contribution is 2.30. The van der Waals surface area contributed by atoms with Crippen molar-refractivity contribution in [3.8, 4) is 0 Å². The van der Waals surface area contributed by atoms with Crippen LogP contribution in [0.25, 0.3) is 0 Å². The molecule has 0 atom stereocenters. The molecule has 1 N–H and O–H groups in total. The highest BCUT2D eigenvalue weighted by Gasteiger charge is 2.27. The van der Waals surface area contributed by atoms with Crippen LogP contribution in [-0.4, -0.2) is 34.0 Å². The van der Waals surface area contributed by atoms with Crippen LogP contribution in [0.4, 0.5) is 0 Å². The Morgan fingerprint density at radius 1 is 1.19 bits per heavy atom. The Morgan fingerprint density at radius 2 is 1.86 bits per heavy atom. The van der Waals surface area contributed by atoms with E-state index in [4.69, 9.17) is 0 Å². The first kappa shape index (κ1) is 16.9. The van der Waals surface area contributed by atoms with Gasteiger partial charge in [0, 0.05) is 42.2 Å². The molecule has 0 saturated carbocycles. The van der Waals surface area contributed by atoms with Crippen LogP contribution in [0.5, 0.6) is 0 Å². The number of hydrogen-bond donors (Lipinski definition) is 1. The first-order chi connectivity index (χ1) is 9.75. The molecule has 0 spiro atoms. The average Bonchev–Trinajstić information content (AvgIpc) is 2.35. The van der Waals surface area contributed by atoms with Crippen molar-refractivity contribution < 1.29 is 0 Å². The normalized spacial score (nSPS) is 19.7. The summed E-state index contributed by atoms with van der Waals surface area (Å²) in [5.74, 6) is 1.25. The fourth-order valence-electron chi connectivity index (χ4n) is 2.73. The van der Waals surface area contributed by atoms with E-state index in [9.17, 15) is 0 Å². The maximum Gasteiger partial charge on any atom is 0.0237 e. The Labute approximate surface area is 134 Å². The molecule has 1 aromatic rings. The molecule has 21 heavy (non-hydrogen) atoms. The summed E-state index contributed by atoms with van der Waals surface area (Å²) >= 11 is 2.10. The van der Waals surface area contributed by atoms with Gasteiger partial charge in [0.1, 0.15) is 0 Å². The quantitative estimate of drug-likeness (QED) is 0.908. The van der Waals surface area contributed by atoms with Gasteiger partial charge in [-0.25, -0.2) is 0 Å². The lowest BCUT2D eigenvalue weighted by Gasteiger charge is -2.37.